The molecule has 7 rings (SSSR count). The summed E-state index contributed by atoms with van der Waals surface area (Å²) in [5.74, 6) is 2.37. The van der Waals surface area contributed by atoms with Crippen LogP contribution in [-0.4, -0.2) is 82.3 Å². The zero-order chi connectivity index (χ0) is 26.1. The van der Waals surface area contributed by atoms with Crippen molar-refractivity contribution in [2.45, 2.75) is 38.6 Å². The third kappa shape index (κ3) is 3.88. The SMILES string of the molecule is COc1cc(C(=O)N2CC3(CN(C)C3)C2)ccc1Cn1ncc2nc(N)nc(NCC3CC4(CCC4)C3)c21. The molecule has 2 aromatic heterocycles. The van der Waals surface area contributed by atoms with Gasteiger partial charge in [-0.3, -0.25) is 9.48 Å². The highest BCUT2D eigenvalue weighted by Crippen LogP contribution is 2.58. The fraction of sp³-hybridized carbons (Fsp3) is 0.571. The van der Waals surface area contributed by atoms with Gasteiger partial charge in [0.1, 0.15) is 16.8 Å². The van der Waals surface area contributed by atoms with Crippen molar-refractivity contribution < 1.29 is 9.53 Å². The molecule has 2 aliphatic carbocycles. The minimum Gasteiger partial charge on any atom is -0.496 e. The van der Waals surface area contributed by atoms with Crippen LogP contribution in [-0.2, 0) is 6.54 Å². The number of hydrogen-bond acceptors (Lipinski definition) is 8. The molecule has 1 amide bonds. The molecule has 2 aliphatic heterocycles. The summed E-state index contributed by atoms with van der Waals surface area (Å²) in [4.78, 5) is 26.3. The van der Waals surface area contributed by atoms with E-state index in [-0.39, 0.29) is 11.9 Å². The lowest BCUT2D eigenvalue weighted by atomic mass is 9.52. The molecule has 0 atom stereocenters. The molecule has 0 radical (unpaired) electrons. The Morgan fingerprint density at radius 1 is 1.16 bits per heavy atom. The Balaban J connectivity index is 1.08. The fourth-order valence-corrected chi connectivity index (χ4v) is 7.45. The number of carbonyl (C=O) groups excluding carboxylic acids is 1. The minimum atomic E-state index is 0.0644. The molecule has 2 saturated carbocycles. The molecule has 3 N–H and O–H groups in total. The first-order valence-electron chi connectivity index (χ1n) is 13.7. The largest absolute Gasteiger partial charge is 0.496 e. The summed E-state index contributed by atoms with van der Waals surface area (Å²) >= 11 is 0. The van der Waals surface area contributed by atoms with E-state index in [9.17, 15) is 4.79 Å². The molecule has 2 spiro atoms. The third-order valence-electron chi connectivity index (χ3n) is 9.33. The monoisotopic (exact) mass is 516 g/mol. The highest BCUT2D eigenvalue weighted by Gasteiger charge is 2.52. The van der Waals surface area contributed by atoms with Gasteiger partial charge < -0.3 is 25.6 Å². The number of nitrogen functional groups attached to an aromatic ring is 1. The summed E-state index contributed by atoms with van der Waals surface area (Å²) in [5, 5.41) is 8.15. The molecule has 3 aromatic rings. The maximum Gasteiger partial charge on any atom is 0.254 e. The normalized spacial score (nSPS) is 21.6. The summed E-state index contributed by atoms with van der Waals surface area (Å²) in [6, 6.07) is 5.70. The standard InChI is InChI=1S/C28H36N8O2/c1-34-14-28(15-34)16-35(17-28)25(37)19-4-5-20(22(8-19)38-2)13-36-23-21(12-31-36)32-26(29)33-24(23)30-11-18-9-27(10-18)6-3-7-27/h4-5,8,12,18H,3,6-7,9-11,13-17H2,1-2H3,(H3,29,30,32,33). The summed E-state index contributed by atoms with van der Waals surface area (Å²) in [7, 11) is 3.77. The van der Waals surface area contributed by atoms with Crippen LogP contribution in [0.15, 0.2) is 24.4 Å². The first kappa shape index (κ1) is 23.7. The maximum atomic E-state index is 13.1. The Kier molecular flexibility index (Phi) is 5.34. The Labute approximate surface area is 222 Å². The van der Waals surface area contributed by atoms with Gasteiger partial charge in [-0.1, -0.05) is 12.5 Å². The lowest BCUT2D eigenvalue weighted by Crippen LogP contribution is -2.72. The van der Waals surface area contributed by atoms with Crippen molar-refractivity contribution in [3.8, 4) is 5.75 Å². The third-order valence-corrected chi connectivity index (χ3v) is 9.33. The molecule has 38 heavy (non-hydrogen) atoms. The average Bonchev–Trinajstić information content (AvgIpc) is 3.20. The van der Waals surface area contributed by atoms with E-state index in [0.717, 1.165) is 49.6 Å². The summed E-state index contributed by atoms with van der Waals surface area (Å²) in [6.45, 7) is 5.16. The number of nitrogens with two attached hydrogens (primary N) is 1. The van der Waals surface area contributed by atoms with E-state index in [4.69, 9.17) is 10.5 Å². The van der Waals surface area contributed by atoms with E-state index in [1.54, 1.807) is 13.3 Å². The summed E-state index contributed by atoms with van der Waals surface area (Å²) in [6.07, 6.45) is 8.51. The van der Waals surface area contributed by atoms with Crippen molar-refractivity contribution in [3.63, 3.8) is 0 Å². The first-order valence-corrected chi connectivity index (χ1v) is 13.7. The van der Waals surface area contributed by atoms with Crippen LogP contribution in [0.25, 0.3) is 11.0 Å². The van der Waals surface area contributed by atoms with Gasteiger partial charge in [0.05, 0.1) is 19.9 Å². The van der Waals surface area contributed by atoms with Gasteiger partial charge in [-0.2, -0.15) is 10.1 Å². The predicted octanol–water partition coefficient (Wildman–Crippen LogP) is 2.85. The van der Waals surface area contributed by atoms with Crippen molar-refractivity contribution in [3.05, 3.63) is 35.5 Å². The minimum absolute atomic E-state index is 0.0644. The number of hydrogen-bond donors (Lipinski definition) is 2. The molecular formula is C28H36N8O2. The number of likely N-dealkylation sites (tertiary alicyclic amines) is 2. The zero-order valence-electron chi connectivity index (χ0n) is 22.2. The van der Waals surface area contributed by atoms with Crippen molar-refractivity contribution in [2.24, 2.45) is 16.7 Å². The molecule has 10 heteroatoms. The number of nitrogens with zero attached hydrogens (tertiary/aromatic N) is 6. The predicted molar refractivity (Wildman–Crippen MR) is 145 cm³/mol. The van der Waals surface area contributed by atoms with E-state index < -0.39 is 0 Å². The van der Waals surface area contributed by atoms with Crippen LogP contribution in [0, 0.1) is 16.7 Å². The van der Waals surface area contributed by atoms with Gasteiger partial charge in [-0.25, -0.2) is 4.98 Å². The number of methoxy groups -OCH3 is 1. The lowest BCUT2D eigenvalue weighted by molar-refractivity contribution is -0.0872. The topological polar surface area (TPSA) is 114 Å². The van der Waals surface area contributed by atoms with Crippen molar-refractivity contribution >= 4 is 28.7 Å². The molecule has 10 nitrogen and oxygen atoms in total. The van der Waals surface area contributed by atoms with Crippen LogP contribution >= 0.6 is 0 Å². The summed E-state index contributed by atoms with van der Waals surface area (Å²) in [5.41, 5.74) is 10.1. The van der Waals surface area contributed by atoms with Gasteiger partial charge in [-0.15, -0.1) is 0 Å². The van der Waals surface area contributed by atoms with Gasteiger partial charge >= 0.3 is 0 Å². The van der Waals surface area contributed by atoms with E-state index in [2.05, 4.69) is 32.3 Å². The second kappa shape index (κ2) is 8.56. The molecule has 4 fully saturated rings. The number of nitrogens with one attached hydrogen (secondary N) is 1. The van der Waals surface area contributed by atoms with Gasteiger partial charge in [0.15, 0.2) is 5.82 Å². The Morgan fingerprint density at radius 3 is 2.63 bits per heavy atom. The second-order valence-electron chi connectivity index (χ2n) is 12.3. The molecule has 0 unspecified atom stereocenters. The van der Waals surface area contributed by atoms with Crippen LogP contribution in [0.1, 0.15) is 48.0 Å². The molecule has 4 aliphatic rings. The average molecular weight is 517 g/mol. The van der Waals surface area contributed by atoms with Crippen molar-refractivity contribution in [1.29, 1.82) is 0 Å². The van der Waals surface area contributed by atoms with E-state index in [1.165, 1.54) is 32.1 Å². The number of carbonyl (C=O) groups is 1. The van der Waals surface area contributed by atoms with E-state index in [1.807, 2.05) is 27.8 Å². The van der Waals surface area contributed by atoms with Gasteiger partial charge in [0.25, 0.3) is 5.91 Å². The van der Waals surface area contributed by atoms with Gasteiger partial charge in [0.2, 0.25) is 5.95 Å². The first-order chi connectivity index (χ1) is 18.3. The molecule has 1 aromatic carbocycles. The Hall–Kier alpha value is -3.40. The number of benzene rings is 1. The number of aromatic nitrogens is 4. The lowest BCUT2D eigenvalue weighted by Gasteiger charge is -2.59. The molecule has 200 valence electrons. The van der Waals surface area contributed by atoms with Gasteiger partial charge in [-0.05, 0) is 56.2 Å². The Bertz CT molecular complexity index is 1390. The maximum absolute atomic E-state index is 13.1. The summed E-state index contributed by atoms with van der Waals surface area (Å²) < 4.78 is 7.60. The van der Waals surface area contributed by atoms with Gasteiger partial charge in [0, 0.05) is 49.3 Å². The molecule has 0 bridgehead atoms. The zero-order valence-corrected chi connectivity index (χ0v) is 22.2. The number of ether oxygens (including phenoxy) is 1. The van der Waals surface area contributed by atoms with Crippen LogP contribution in [0.2, 0.25) is 0 Å². The number of amides is 1. The van der Waals surface area contributed by atoms with Crippen molar-refractivity contribution in [1.82, 2.24) is 29.5 Å². The Morgan fingerprint density at radius 2 is 1.95 bits per heavy atom. The molecular weight excluding hydrogens is 480 g/mol. The number of rotatable bonds is 7. The van der Waals surface area contributed by atoms with E-state index >= 15 is 0 Å². The smallest absolute Gasteiger partial charge is 0.254 e. The van der Waals surface area contributed by atoms with Crippen LogP contribution in [0.5, 0.6) is 5.75 Å². The van der Waals surface area contributed by atoms with Crippen LogP contribution in [0.3, 0.4) is 0 Å². The van der Waals surface area contributed by atoms with E-state index in [0.29, 0.717) is 40.1 Å². The number of fused-ring (bicyclic) bond motifs is 1. The highest BCUT2D eigenvalue weighted by atomic mass is 16.5. The fourth-order valence-electron chi connectivity index (χ4n) is 7.45. The quantitative estimate of drug-likeness (QED) is 0.493. The van der Waals surface area contributed by atoms with Crippen molar-refractivity contribution in [2.75, 3.05) is 57.9 Å². The highest BCUT2D eigenvalue weighted by molar-refractivity contribution is 5.95. The molecule has 2 saturated heterocycles. The van der Waals surface area contributed by atoms with Crippen LogP contribution in [0.4, 0.5) is 11.8 Å². The second-order valence-corrected chi connectivity index (χ2v) is 12.3. The number of anilines is 2. The van der Waals surface area contributed by atoms with Crippen LogP contribution < -0.4 is 15.8 Å². The molecule has 4 heterocycles.